The molecule has 0 aliphatic heterocycles. The van der Waals surface area contributed by atoms with Gasteiger partial charge in [-0.1, -0.05) is 35.2 Å². The molecular weight excluding hydrogens is 333 g/mol. The molecule has 1 aromatic carbocycles. The lowest BCUT2D eigenvalue weighted by atomic mass is 9.81. The van der Waals surface area contributed by atoms with Crippen molar-refractivity contribution in [2.24, 2.45) is 5.92 Å². The lowest BCUT2D eigenvalue weighted by molar-refractivity contribution is 0.00997. The Balaban J connectivity index is 2.11. The molecule has 0 amide bonds. The molecule has 118 valence electrons. The molecule has 1 N–H and O–H groups in total. The number of benzene rings is 1. The van der Waals surface area contributed by atoms with Crippen LogP contribution < -0.4 is 5.32 Å². The van der Waals surface area contributed by atoms with E-state index >= 15 is 0 Å². The van der Waals surface area contributed by atoms with E-state index in [9.17, 15) is 4.39 Å². The highest BCUT2D eigenvalue weighted by atomic mass is 79.9. The average Bonchev–Trinajstić information content (AvgIpc) is 2.51. The van der Waals surface area contributed by atoms with E-state index in [0.29, 0.717) is 12.3 Å². The van der Waals surface area contributed by atoms with Gasteiger partial charge in [0.05, 0.1) is 6.10 Å². The van der Waals surface area contributed by atoms with Crippen LogP contribution in [0, 0.1) is 11.7 Å². The van der Waals surface area contributed by atoms with Gasteiger partial charge in [0, 0.05) is 17.6 Å². The van der Waals surface area contributed by atoms with Gasteiger partial charge in [-0.25, -0.2) is 4.39 Å². The van der Waals surface area contributed by atoms with Crippen molar-refractivity contribution >= 4 is 15.9 Å². The summed E-state index contributed by atoms with van der Waals surface area (Å²) in [5, 5.41) is 3.34. The van der Waals surface area contributed by atoms with Gasteiger partial charge in [-0.05, 0) is 56.0 Å². The Morgan fingerprint density at radius 3 is 2.67 bits per heavy atom. The smallest absolute Gasteiger partial charge is 0.126 e. The number of methoxy groups -OCH3 is 1. The van der Waals surface area contributed by atoms with Gasteiger partial charge >= 0.3 is 0 Å². The van der Waals surface area contributed by atoms with E-state index in [1.54, 1.807) is 13.2 Å². The SMILES string of the molecule is CNC(Cc1cc(Br)ccc1F)C(OC)C1CCCCC1. The largest absolute Gasteiger partial charge is 0.380 e. The standard InChI is InChI=1S/C17H25BrFNO/c1-20-16(11-13-10-14(18)8-9-15(13)19)17(21-2)12-6-4-3-5-7-12/h8-10,12,16-17,20H,3-7,11H2,1-2H3. The minimum absolute atomic E-state index is 0.141. The summed E-state index contributed by atoms with van der Waals surface area (Å²) >= 11 is 3.42. The van der Waals surface area contributed by atoms with Gasteiger partial charge in [0.1, 0.15) is 5.82 Å². The first-order valence-electron chi connectivity index (χ1n) is 7.79. The number of likely N-dealkylation sites (N-methyl/N-ethyl adjacent to an activating group) is 1. The Morgan fingerprint density at radius 1 is 1.33 bits per heavy atom. The summed E-state index contributed by atoms with van der Waals surface area (Å²) in [5.41, 5.74) is 0.738. The molecule has 0 radical (unpaired) electrons. The molecule has 1 aliphatic carbocycles. The highest BCUT2D eigenvalue weighted by molar-refractivity contribution is 9.10. The Hall–Kier alpha value is -0.450. The van der Waals surface area contributed by atoms with Crippen molar-refractivity contribution in [3.63, 3.8) is 0 Å². The average molecular weight is 358 g/mol. The topological polar surface area (TPSA) is 21.3 Å². The van der Waals surface area contributed by atoms with Crippen LogP contribution in [0.2, 0.25) is 0 Å². The molecule has 0 aromatic heterocycles. The van der Waals surface area contributed by atoms with E-state index in [-0.39, 0.29) is 18.0 Å². The molecule has 2 atom stereocenters. The second-order valence-corrected chi connectivity index (χ2v) is 6.85. The number of nitrogens with one attached hydrogen (secondary N) is 1. The van der Waals surface area contributed by atoms with Crippen LogP contribution >= 0.6 is 15.9 Å². The maximum Gasteiger partial charge on any atom is 0.126 e. The van der Waals surface area contributed by atoms with Crippen molar-refractivity contribution in [2.75, 3.05) is 14.2 Å². The van der Waals surface area contributed by atoms with Gasteiger partial charge in [-0.15, -0.1) is 0 Å². The highest BCUT2D eigenvalue weighted by Gasteiger charge is 2.30. The fourth-order valence-electron chi connectivity index (χ4n) is 3.47. The zero-order chi connectivity index (χ0) is 15.2. The molecule has 0 spiro atoms. The maximum absolute atomic E-state index is 14.0. The predicted molar refractivity (Wildman–Crippen MR) is 88.0 cm³/mol. The normalized spacial score (nSPS) is 19.4. The molecule has 4 heteroatoms. The zero-order valence-corrected chi connectivity index (χ0v) is 14.5. The fraction of sp³-hybridized carbons (Fsp3) is 0.647. The first-order chi connectivity index (χ1) is 10.2. The summed E-state index contributed by atoms with van der Waals surface area (Å²) in [6.45, 7) is 0. The number of hydrogen-bond acceptors (Lipinski definition) is 2. The maximum atomic E-state index is 14.0. The van der Waals surface area contributed by atoms with Gasteiger partial charge in [-0.3, -0.25) is 0 Å². The van der Waals surface area contributed by atoms with Crippen molar-refractivity contribution in [2.45, 2.75) is 50.7 Å². The molecule has 2 rings (SSSR count). The second kappa shape index (κ2) is 8.25. The number of halogens is 2. The summed E-state index contributed by atoms with van der Waals surface area (Å²) in [6, 6.07) is 5.27. The van der Waals surface area contributed by atoms with E-state index in [1.165, 1.54) is 38.2 Å². The lowest BCUT2D eigenvalue weighted by Crippen LogP contribution is -2.45. The van der Waals surface area contributed by atoms with Crippen LogP contribution in [-0.2, 0) is 11.2 Å². The second-order valence-electron chi connectivity index (χ2n) is 5.93. The molecule has 21 heavy (non-hydrogen) atoms. The van der Waals surface area contributed by atoms with Crippen molar-refractivity contribution in [1.82, 2.24) is 5.32 Å². The first kappa shape index (κ1) is 16.9. The fourth-order valence-corrected chi connectivity index (χ4v) is 3.88. The summed E-state index contributed by atoms with van der Waals surface area (Å²) in [4.78, 5) is 0. The quantitative estimate of drug-likeness (QED) is 0.818. The number of rotatable bonds is 6. The molecule has 1 fully saturated rings. The molecule has 1 aromatic rings. The molecule has 2 unspecified atom stereocenters. The monoisotopic (exact) mass is 357 g/mol. The molecule has 0 saturated heterocycles. The van der Waals surface area contributed by atoms with Crippen molar-refractivity contribution in [3.8, 4) is 0 Å². The molecule has 1 saturated carbocycles. The third kappa shape index (κ3) is 4.51. The van der Waals surface area contributed by atoms with Crippen LogP contribution in [0.1, 0.15) is 37.7 Å². The Labute approximate surface area is 135 Å². The van der Waals surface area contributed by atoms with Crippen molar-refractivity contribution in [1.29, 1.82) is 0 Å². The van der Waals surface area contributed by atoms with Gasteiger partial charge in [0.25, 0.3) is 0 Å². The third-order valence-corrected chi connectivity index (χ3v) is 5.09. The summed E-state index contributed by atoms with van der Waals surface area (Å²) in [6.07, 6.45) is 7.13. The minimum atomic E-state index is -0.142. The van der Waals surface area contributed by atoms with Crippen molar-refractivity contribution in [3.05, 3.63) is 34.1 Å². The number of hydrogen-bond donors (Lipinski definition) is 1. The van der Waals surface area contributed by atoms with Gasteiger partial charge in [0.2, 0.25) is 0 Å². The van der Waals surface area contributed by atoms with E-state index in [1.807, 2.05) is 13.1 Å². The van der Waals surface area contributed by atoms with Crippen LogP contribution in [0.25, 0.3) is 0 Å². The van der Waals surface area contributed by atoms with E-state index in [4.69, 9.17) is 4.74 Å². The van der Waals surface area contributed by atoms with Crippen LogP contribution in [0.15, 0.2) is 22.7 Å². The highest BCUT2D eigenvalue weighted by Crippen LogP contribution is 2.30. The molecule has 2 nitrogen and oxygen atoms in total. The Morgan fingerprint density at radius 2 is 2.05 bits per heavy atom. The molecule has 1 aliphatic rings. The summed E-state index contributed by atoms with van der Waals surface area (Å²) in [7, 11) is 3.72. The first-order valence-corrected chi connectivity index (χ1v) is 8.59. The Bertz CT molecular complexity index is 448. The van der Waals surface area contributed by atoms with E-state index in [0.717, 1.165) is 10.0 Å². The molecule has 0 bridgehead atoms. The Kier molecular flexibility index (Phi) is 6.65. The van der Waals surface area contributed by atoms with E-state index < -0.39 is 0 Å². The summed E-state index contributed by atoms with van der Waals surface area (Å²) in [5.74, 6) is 0.438. The van der Waals surface area contributed by atoms with Crippen LogP contribution in [0.4, 0.5) is 4.39 Å². The van der Waals surface area contributed by atoms with Crippen LogP contribution in [0.3, 0.4) is 0 Å². The van der Waals surface area contributed by atoms with Gasteiger partial charge in [-0.2, -0.15) is 0 Å². The van der Waals surface area contributed by atoms with E-state index in [2.05, 4.69) is 21.2 Å². The minimum Gasteiger partial charge on any atom is -0.380 e. The van der Waals surface area contributed by atoms with Gasteiger partial charge in [0.15, 0.2) is 0 Å². The van der Waals surface area contributed by atoms with Crippen LogP contribution in [0.5, 0.6) is 0 Å². The summed E-state index contributed by atoms with van der Waals surface area (Å²) < 4.78 is 20.7. The lowest BCUT2D eigenvalue weighted by Gasteiger charge is -2.35. The molecular formula is C17H25BrFNO. The van der Waals surface area contributed by atoms with Crippen molar-refractivity contribution < 1.29 is 9.13 Å². The zero-order valence-electron chi connectivity index (χ0n) is 12.9. The predicted octanol–water partition coefficient (Wildman–Crippen LogP) is 4.31. The number of ether oxygens (including phenoxy) is 1. The van der Waals surface area contributed by atoms with Crippen LogP contribution in [-0.4, -0.2) is 26.3 Å². The molecule has 0 heterocycles. The third-order valence-electron chi connectivity index (χ3n) is 4.60. The van der Waals surface area contributed by atoms with Gasteiger partial charge < -0.3 is 10.1 Å².